The minimum Gasteiger partial charge on any atom is -0.325 e. The van der Waals surface area contributed by atoms with Crippen LogP contribution in [0.2, 0.25) is 0 Å². The molecular weight excluding hydrogens is 303 g/mol. The lowest BCUT2D eigenvalue weighted by molar-refractivity contribution is -0.113. The first kappa shape index (κ1) is 16.5. The number of aromatic nitrogens is 3. The summed E-state index contributed by atoms with van der Waals surface area (Å²) in [5.41, 5.74) is 0.580. The third-order valence-electron chi connectivity index (χ3n) is 3.02. The summed E-state index contributed by atoms with van der Waals surface area (Å²) in [6, 6.07) is 5.70. The number of nitrogens with one attached hydrogen (secondary N) is 1. The van der Waals surface area contributed by atoms with Gasteiger partial charge in [-0.3, -0.25) is 4.79 Å². The zero-order valence-electron chi connectivity index (χ0n) is 12.7. The Morgan fingerprint density at radius 2 is 2.00 bits per heavy atom. The Morgan fingerprint density at radius 1 is 1.27 bits per heavy atom. The van der Waals surface area contributed by atoms with Gasteiger partial charge in [-0.1, -0.05) is 25.6 Å². The highest BCUT2D eigenvalue weighted by atomic mass is 32.2. The van der Waals surface area contributed by atoms with Crippen LogP contribution >= 0.6 is 11.8 Å². The summed E-state index contributed by atoms with van der Waals surface area (Å²) >= 11 is 1.36. The summed E-state index contributed by atoms with van der Waals surface area (Å²) in [4.78, 5) is 11.9. The number of thioether (sulfide) groups is 1. The Hall–Kier alpha value is -1.89. The van der Waals surface area contributed by atoms with Crippen molar-refractivity contribution in [3.8, 4) is 0 Å². The molecule has 1 aromatic heterocycles. The van der Waals surface area contributed by atoms with Gasteiger partial charge in [0.15, 0.2) is 5.16 Å². The van der Waals surface area contributed by atoms with Crippen molar-refractivity contribution in [3.63, 3.8) is 0 Å². The van der Waals surface area contributed by atoms with Crippen LogP contribution in [0.1, 0.15) is 26.1 Å². The molecule has 1 heterocycles. The zero-order chi connectivity index (χ0) is 15.9. The maximum Gasteiger partial charge on any atom is 0.234 e. The normalized spacial score (nSPS) is 10.7. The van der Waals surface area contributed by atoms with Gasteiger partial charge in [-0.05, 0) is 30.7 Å². The second-order valence-corrected chi connectivity index (χ2v) is 5.69. The van der Waals surface area contributed by atoms with E-state index in [0.29, 0.717) is 5.69 Å². The number of halogens is 1. The van der Waals surface area contributed by atoms with E-state index < -0.39 is 0 Å². The van der Waals surface area contributed by atoms with E-state index in [1.54, 1.807) is 0 Å². The van der Waals surface area contributed by atoms with Crippen molar-refractivity contribution < 1.29 is 9.18 Å². The lowest BCUT2D eigenvalue weighted by Crippen LogP contribution is -2.14. The van der Waals surface area contributed by atoms with Gasteiger partial charge in [-0.15, -0.1) is 10.2 Å². The third-order valence-corrected chi connectivity index (χ3v) is 3.98. The SMILES string of the molecule is CCCn1c(CC)nnc1SCC(=O)Nc1ccc(F)cc1. The second-order valence-electron chi connectivity index (χ2n) is 4.75. The van der Waals surface area contributed by atoms with Crippen LogP contribution in [0.25, 0.3) is 0 Å². The Labute approximate surface area is 133 Å². The van der Waals surface area contributed by atoms with Crippen LogP contribution in [-0.2, 0) is 17.8 Å². The van der Waals surface area contributed by atoms with Crippen LogP contribution < -0.4 is 5.32 Å². The molecule has 0 unspecified atom stereocenters. The largest absolute Gasteiger partial charge is 0.325 e. The molecule has 118 valence electrons. The molecule has 0 saturated heterocycles. The number of carbonyl (C=O) groups excluding carboxylic acids is 1. The summed E-state index contributed by atoms with van der Waals surface area (Å²) in [7, 11) is 0. The molecule has 0 atom stereocenters. The van der Waals surface area contributed by atoms with E-state index in [-0.39, 0.29) is 17.5 Å². The molecule has 0 spiro atoms. The van der Waals surface area contributed by atoms with Crippen LogP contribution in [-0.4, -0.2) is 26.4 Å². The van der Waals surface area contributed by atoms with Crippen molar-refractivity contribution in [1.29, 1.82) is 0 Å². The smallest absolute Gasteiger partial charge is 0.234 e. The predicted molar refractivity (Wildman–Crippen MR) is 85.4 cm³/mol. The third kappa shape index (κ3) is 4.30. The molecule has 1 amide bonds. The lowest BCUT2D eigenvalue weighted by atomic mass is 10.3. The Kier molecular flexibility index (Phi) is 5.94. The number of rotatable bonds is 7. The van der Waals surface area contributed by atoms with Gasteiger partial charge in [-0.25, -0.2) is 4.39 Å². The summed E-state index contributed by atoms with van der Waals surface area (Å²) in [5, 5.41) is 11.8. The topological polar surface area (TPSA) is 59.8 Å². The van der Waals surface area contributed by atoms with Crippen molar-refractivity contribution in [1.82, 2.24) is 14.8 Å². The van der Waals surface area contributed by atoms with Crippen LogP contribution in [0, 0.1) is 5.82 Å². The zero-order valence-corrected chi connectivity index (χ0v) is 13.5. The van der Waals surface area contributed by atoms with E-state index >= 15 is 0 Å². The molecule has 0 aliphatic carbocycles. The Morgan fingerprint density at radius 3 is 2.64 bits per heavy atom. The van der Waals surface area contributed by atoms with E-state index in [1.807, 2.05) is 6.92 Å². The number of aryl methyl sites for hydroxylation is 1. The average Bonchev–Trinajstić information content (AvgIpc) is 2.90. The molecule has 0 bridgehead atoms. The Bertz CT molecular complexity index is 627. The van der Waals surface area contributed by atoms with E-state index in [1.165, 1.54) is 36.0 Å². The molecule has 0 aliphatic heterocycles. The molecule has 0 fully saturated rings. The summed E-state index contributed by atoms with van der Waals surface area (Å²) in [6.07, 6.45) is 1.80. The number of hydrogen-bond acceptors (Lipinski definition) is 4. The Balaban J connectivity index is 1.93. The minimum absolute atomic E-state index is 0.152. The molecule has 0 saturated carbocycles. The van der Waals surface area contributed by atoms with Gasteiger partial charge in [0, 0.05) is 18.7 Å². The van der Waals surface area contributed by atoms with Gasteiger partial charge in [-0.2, -0.15) is 0 Å². The molecular formula is C15H19FN4OS. The number of hydrogen-bond donors (Lipinski definition) is 1. The molecule has 0 radical (unpaired) electrons. The molecule has 7 heteroatoms. The average molecular weight is 322 g/mol. The maximum atomic E-state index is 12.8. The highest BCUT2D eigenvalue weighted by Crippen LogP contribution is 2.18. The molecule has 2 rings (SSSR count). The number of anilines is 1. The standard InChI is InChI=1S/C15H19FN4OS/c1-3-9-20-13(4-2)18-19-15(20)22-10-14(21)17-12-7-5-11(16)6-8-12/h5-8H,3-4,9-10H2,1-2H3,(H,17,21). The minimum atomic E-state index is -0.327. The summed E-state index contributed by atoms with van der Waals surface area (Å²) in [6.45, 7) is 4.97. The lowest BCUT2D eigenvalue weighted by Gasteiger charge is -2.08. The van der Waals surface area contributed by atoms with Crippen LogP contribution in [0.4, 0.5) is 10.1 Å². The fraction of sp³-hybridized carbons (Fsp3) is 0.400. The molecule has 0 aliphatic rings. The number of nitrogens with zero attached hydrogens (tertiary/aromatic N) is 3. The first-order valence-corrected chi connectivity index (χ1v) is 8.22. The van der Waals surface area contributed by atoms with Crippen molar-refractivity contribution in [2.45, 2.75) is 38.4 Å². The van der Waals surface area contributed by atoms with E-state index in [0.717, 1.165) is 30.4 Å². The van der Waals surface area contributed by atoms with Gasteiger partial charge in [0.1, 0.15) is 11.6 Å². The van der Waals surface area contributed by atoms with E-state index in [2.05, 4.69) is 27.0 Å². The molecule has 1 N–H and O–H groups in total. The number of benzene rings is 1. The van der Waals surface area contributed by atoms with Crippen molar-refractivity contribution >= 4 is 23.4 Å². The highest BCUT2D eigenvalue weighted by Gasteiger charge is 2.12. The van der Waals surface area contributed by atoms with Crippen molar-refractivity contribution in [3.05, 3.63) is 35.9 Å². The molecule has 1 aromatic carbocycles. The summed E-state index contributed by atoms with van der Waals surface area (Å²) in [5.74, 6) is 0.694. The second kappa shape index (κ2) is 7.93. The van der Waals surface area contributed by atoms with Gasteiger partial charge < -0.3 is 9.88 Å². The van der Waals surface area contributed by atoms with Crippen LogP contribution in [0.15, 0.2) is 29.4 Å². The van der Waals surface area contributed by atoms with Gasteiger partial charge in [0.25, 0.3) is 0 Å². The van der Waals surface area contributed by atoms with E-state index in [4.69, 9.17) is 0 Å². The molecule has 2 aromatic rings. The number of carbonyl (C=O) groups is 1. The monoisotopic (exact) mass is 322 g/mol. The maximum absolute atomic E-state index is 12.8. The van der Waals surface area contributed by atoms with Crippen molar-refractivity contribution in [2.75, 3.05) is 11.1 Å². The highest BCUT2D eigenvalue weighted by molar-refractivity contribution is 7.99. The molecule has 22 heavy (non-hydrogen) atoms. The van der Waals surface area contributed by atoms with Gasteiger partial charge in [0.2, 0.25) is 5.91 Å². The fourth-order valence-corrected chi connectivity index (χ4v) is 2.78. The van der Waals surface area contributed by atoms with Gasteiger partial charge in [0.05, 0.1) is 5.75 Å². The summed E-state index contributed by atoms with van der Waals surface area (Å²) < 4.78 is 14.9. The predicted octanol–water partition coefficient (Wildman–Crippen LogP) is 3.12. The van der Waals surface area contributed by atoms with Crippen LogP contribution in [0.5, 0.6) is 0 Å². The number of amides is 1. The molecule has 5 nitrogen and oxygen atoms in total. The van der Waals surface area contributed by atoms with Crippen LogP contribution in [0.3, 0.4) is 0 Å². The fourth-order valence-electron chi connectivity index (χ4n) is 2.00. The quantitative estimate of drug-likeness (QED) is 0.796. The van der Waals surface area contributed by atoms with Crippen molar-refractivity contribution in [2.24, 2.45) is 0 Å². The van der Waals surface area contributed by atoms with Gasteiger partial charge >= 0.3 is 0 Å². The first-order valence-electron chi connectivity index (χ1n) is 7.24. The van der Waals surface area contributed by atoms with E-state index in [9.17, 15) is 9.18 Å². The first-order chi connectivity index (χ1) is 10.6.